The minimum absolute atomic E-state index is 0.0167. The van der Waals surface area contributed by atoms with Gasteiger partial charge in [-0.15, -0.1) is 0 Å². The Morgan fingerprint density at radius 2 is 2.06 bits per heavy atom. The number of aromatic nitrogens is 2. The van der Waals surface area contributed by atoms with Crippen molar-refractivity contribution in [2.24, 2.45) is 0 Å². The van der Waals surface area contributed by atoms with Gasteiger partial charge in [-0.1, -0.05) is 30.3 Å². The van der Waals surface area contributed by atoms with Crippen LogP contribution in [0.15, 0.2) is 35.1 Å². The zero-order chi connectivity index (χ0) is 12.3. The maximum Gasteiger partial charge on any atom is 0.270 e. The first-order valence-electron chi connectivity index (χ1n) is 5.03. The summed E-state index contributed by atoms with van der Waals surface area (Å²) in [6, 6.07) is 11.3. The zero-order valence-electron chi connectivity index (χ0n) is 8.97. The molecule has 3 N–H and O–H groups in total. The fourth-order valence-corrected chi connectivity index (χ4v) is 1.57. The van der Waals surface area contributed by atoms with Crippen molar-refractivity contribution >= 4 is 5.95 Å². The van der Waals surface area contributed by atoms with E-state index in [0.717, 1.165) is 5.56 Å². The monoisotopic (exact) mass is 226 g/mol. The average molecular weight is 226 g/mol. The summed E-state index contributed by atoms with van der Waals surface area (Å²) in [5.74, 6) is 0.0277. The largest absolute Gasteiger partial charge is 0.369 e. The van der Waals surface area contributed by atoms with Crippen LogP contribution in [0.25, 0.3) is 0 Å². The number of nitrogens with two attached hydrogens (primary N) is 1. The van der Waals surface area contributed by atoms with Gasteiger partial charge in [0.2, 0.25) is 5.95 Å². The lowest BCUT2D eigenvalue weighted by molar-refractivity contribution is 1.00. The number of nitriles is 1. The molecule has 0 saturated heterocycles. The third-order valence-electron chi connectivity index (χ3n) is 2.34. The molecule has 2 rings (SSSR count). The highest BCUT2D eigenvalue weighted by atomic mass is 16.1. The second-order valence-electron chi connectivity index (χ2n) is 3.55. The van der Waals surface area contributed by atoms with Crippen molar-refractivity contribution in [3.8, 4) is 6.07 Å². The molecule has 1 aromatic heterocycles. The van der Waals surface area contributed by atoms with Gasteiger partial charge < -0.3 is 5.73 Å². The first-order valence-corrected chi connectivity index (χ1v) is 5.03. The second-order valence-corrected chi connectivity index (χ2v) is 3.55. The van der Waals surface area contributed by atoms with Crippen LogP contribution >= 0.6 is 0 Å². The molecule has 0 aliphatic rings. The number of hydrogen-bond donors (Lipinski definition) is 2. The van der Waals surface area contributed by atoms with E-state index in [1.54, 1.807) is 0 Å². The molecule has 1 heterocycles. The fourth-order valence-electron chi connectivity index (χ4n) is 1.57. The number of nitrogens with zero attached hydrogens (tertiary/aromatic N) is 2. The Labute approximate surface area is 97.6 Å². The van der Waals surface area contributed by atoms with Crippen molar-refractivity contribution in [3.63, 3.8) is 0 Å². The van der Waals surface area contributed by atoms with E-state index in [9.17, 15) is 4.79 Å². The topological polar surface area (TPSA) is 95.6 Å². The molecule has 5 heteroatoms. The molecule has 0 unspecified atom stereocenters. The number of benzene rings is 1. The molecule has 0 atom stereocenters. The fraction of sp³-hybridized carbons (Fsp3) is 0.0833. The van der Waals surface area contributed by atoms with Crippen molar-refractivity contribution in [1.82, 2.24) is 9.97 Å². The number of aromatic amines is 1. The van der Waals surface area contributed by atoms with Gasteiger partial charge in [-0.2, -0.15) is 5.26 Å². The van der Waals surface area contributed by atoms with E-state index in [2.05, 4.69) is 9.97 Å². The first-order chi connectivity index (χ1) is 8.20. The number of hydrogen-bond acceptors (Lipinski definition) is 4. The highest BCUT2D eigenvalue weighted by molar-refractivity contribution is 5.37. The van der Waals surface area contributed by atoms with Crippen LogP contribution in [0.1, 0.15) is 16.8 Å². The molecule has 0 bridgehead atoms. The Morgan fingerprint density at radius 1 is 1.35 bits per heavy atom. The van der Waals surface area contributed by atoms with Crippen LogP contribution in [0.2, 0.25) is 0 Å². The third-order valence-corrected chi connectivity index (χ3v) is 2.34. The van der Waals surface area contributed by atoms with E-state index >= 15 is 0 Å². The predicted molar refractivity (Wildman–Crippen MR) is 63.2 cm³/mol. The van der Waals surface area contributed by atoms with Crippen LogP contribution in [0, 0.1) is 11.3 Å². The van der Waals surface area contributed by atoms with E-state index in [1.165, 1.54) is 0 Å². The van der Waals surface area contributed by atoms with Gasteiger partial charge in [0.25, 0.3) is 5.56 Å². The van der Waals surface area contributed by atoms with Gasteiger partial charge in [0.05, 0.1) is 5.69 Å². The summed E-state index contributed by atoms with van der Waals surface area (Å²) in [7, 11) is 0. The predicted octanol–water partition coefficient (Wildman–Crippen LogP) is 0.815. The van der Waals surface area contributed by atoms with Gasteiger partial charge in [-0.05, 0) is 5.56 Å². The lowest BCUT2D eigenvalue weighted by atomic mass is 10.1. The molecule has 0 radical (unpaired) electrons. The van der Waals surface area contributed by atoms with E-state index in [4.69, 9.17) is 11.0 Å². The van der Waals surface area contributed by atoms with Crippen molar-refractivity contribution in [1.29, 1.82) is 5.26 Å². The Bertz CT molecular complexity index is 625. The Morgan fingerprint density at radius 3 is 2.71 bits per heavy atom. The smallest absolute Gasteiger partial charge is 0.270 e. The number of H-pyrrole nitrogens is 1. The SMILES string of the molecule is N#Cc1c(Cc2ccccc2)nc(N)[nH]c1=O. The molecule has 17 heavy (non-hydrogen) atoms. The van der Waals surface area contributed by atoms with Gasteiger partial charge in [0.15, 0.2) is 0 Å². The van der Waals surface area contributed by atoms with Crippen molar-refractivity contribution in [2.75, 3.05) is 5.73 Å². The molecule has 84 valence electrons. The van der Waals surface area contributed by atoms with Crippen LogP contribution in [0.5, 0.6) is 0 Å². The highest BCUT2D eigenvalue weighted by Gasteiger charge is 2.10. The molecule has 0 aliphatic carbocycles. The third kappa shape index (κ3) is 2.32. The zero-order valence-corrected chi connectivity index (χ0v) is 8.97. The molecule has 5 nitrogen and oxygen atoms in total. The summed E-state index contributed by atoms with van der Waals surface area (Å²) in [4.78, 5) is 17.8. The van der Waals surface area contributed by atoms with Gasteiger partial charge in [-0.3, -0.25) is 9.78 Å². The normalized spacial score (nSPS) is 9.82. The molecule has 0 saturated carbocycles. The van der Waals surface area contributed by atoms with Crippen LogP contribution < -0.4 is 11.3 Å². The molecule has 1 aromatic carbocycles. The van der Waals surface area contributed by atoms with Crippen molar-refractivity contribution < 1.29 is 0 Å². The van der Waals surface area contributed by atoms with E-state index in [1.807, 2.05) is 36.4 Å². The number of nitrogen functional groups attached to an aromatic ring is 1. The van der Waals surface area contributed by atoms with Gasteiger partial charge in [0.1, 0.15) is 11.6 Å². The minimum Gasteiger partial charge on any atom is -0.369 e. The summed E-state index contributed by atoms with van der Waals surface area (Å²) in [6.07, 6.45) is 0.415. The second kappa shape index (κ2) is 4.49. The van der Waals surface area contributed by atoms with E-state index in [-0.39, 0.29) is 11.5 Å². The van der Waals surface area contributed by atoms with Gasteiger partial charge >= 0.3 is 0 Å². The lowest BCUT2D eigenvalue weighted by Gasteiger charge is -2.03. The van der Waals surface area contributed by atoms with Crippen molar-refractivity contribution in [2.45, 2.75) is 6.42 Å². The maximum atomic E-state index is 11.5. The van der Waals surface area contributed by atoms with Crippen LogP contribution in [-0.2, 0) is 6.42 Å². The maximum absolute atomic E-state index is 11.5. The summed E-state index contributed by atoms with van der Waals surface area (Å²) in [5.41, 5.74) is 6.36. The number of nitrogens with one attached hydrogen (secondary N) is 1. The van der Waals surface area contributed by atoms with Gasteiger partial charge in [-0.25, -0.2) is 4.98 Å². The molecule has 0 fully saturated rings. The summed E-state index contributed by atoms with van der Waals surface area (Å²) >= 11 is 0. The van der Waals surface area contributed by atoms with E-state index in [0.29, 0.717) is 12.1 Å². The summed E-state index contributed by atoms with van der Waals surface area (Å²) in [6.45, 7) is 0. The highest BCUT2D eigenvalue weighted by Crippen LogP contribution is 2.09. The van der Waals surface area contributed by atoms with Crippen LogP contribution in [0.4, 0.5) is 5.95 Å². The first kappa shape index (κ1) is 10.9. The Hall–Kier alpha value is -2.61. The standard InChI is InChI=1S/C12H10N4O/c13-7-9-10(15-12(14)16-11(9)17)6-8-4-2-1-3-5-8/h1-5H,6H2,(H3,14,15,16,17). The lowest BCUT2D eigenvalue weighted by Crippen LogP contribution is -2.18. The van der Waals surface area contributed by atoms with Crippen LogP contribution in [0.3, 0.4) is 0 Å². The number of anilines is 1. The summed E-state index contributed by atoms with van der Waals surface area (Å²) in [5, 5.41) is 8.92. The van der Waals surface area contributed by atoms with Crippen LogP contribution in [-0.4, -0.2) is 9.97 Å². The molecule has 0 aliphatic heterocycles. The van der Waals surface area contributed by atoms with Gasteiger partial charge in [0, 0.05) is 6.42 Å². The quantitative estimate of drug-likeness (QED) is 0.792. The molecule has 0 amide bonds. The molecule has 2 aromatic rings. The minimum atomic E-state index is -0.495. The molecular formula is C12H10N4O. The number of rotatable bonds is 2. The molecule has 0 spiro atoms. The average Bonchev–Trinajstić information content (AvgIpc) is 2.30. The Kier molecular flexibility index (Phi) is 2.88. The molecular weight excluding hydrogens is 216 g/mol. The summed E-state index contributed by atoms with van der Waals surface area (Å²) < 4.78 is 0. The van der Waals surface area contributed by atoms with Crippen molar-refractivity contribution in [3.05, 3.63) is 57.5 Å². The Balaban J connectivity index is 2.46. The van der Waals surface area contributed by atoms with E-state index < -0.39 is 5.56 Å².